The first-order chi connectivity index (χ1) is 11.4. The van der Waals surface area contributed by atoms with E-state index in [1.165, 1.54) is 4.31 Å². The Morgan fingerprint density at radius 3 is 2.42 bits per heavy atom. The highest BCUT2D eigenvalue weighted by molar-refractivity contribution is 7.89. The number of rotatable bonds is 6. The molecule has 0 saturated carbocycles. The molecule has 1 saturated heterocycles. The fraction of sp³-hybridized carbons (Fsp3) is 0.533. The average Bonchev–Trinajstić information content (AvgIpc) is 2.59. The van der Waals surface area contributed by atoms with Crippen molar-refractivity contribution in [1.82, 2.24) is 14.5 Å². The summed E-state index contributed by atoms with van der Waals surface area (Å²) in [6, 6.07) is 6.50. The van der Waals surface area contributed by atoms with Gasteiger partial charge in [-0.1, -0.05) is 12.1 Å². The largest absolute Gasteiger partial charge is 0.448 e. The minimum absolute atomic E-state index is 0.148. The van der Waals surface area contributed by atoms with Gasteiger partial charge in [-0.3, -0.25) is 0 Å². The van der Waals surface area contributed by atoms with Crippen LogP contribution in [-0.4, -0.2) is 69.4 Å². The monoisotopic (exact) mass is 375 g/mol. The van der Waals surface area contributed by atoms with Crippen molar-refractivity contribution in [2.24, 2.45) is 0 Å². The fourth-order valence-electron chi connectivity index (χ4n) is 2.31. The number of nitrogens with one attached hydrogen (secondary N) is 1. The standard InChI is InChI=1S/C15H22ClN3O4S/c1-18-7-9-19(10-8-18)24(21,22)14-4-2-13(3-5-14)12-17-15(20)23-11-6-16/h2-5H,6-12H2,1H3,(H,17,20). The average molecular weight is 376 g/mol. The van der Waals surface area contributed by atoms with Gasteiger partial charge in [0.05, 0.1) is 10.8 Å². The molecule has 1 aliphatic heterocycles. The Bertz CT molecular complexity index is 643. The molecule has 0 atom stereocenters. The number of hydrogen-bond acceptors (Lipinski definition) is 5. The number of carbonyl (C=O) groups excluding carboxylic acids is 1. The van der Waals surface area contributed by atoms with Gasteiger partial charge in [0, 0.05) is 32.7 Å². The molecular formula is C15H22ClN3O4S. The van der Waals surface area contributed by atoms with Crippen LogP contribution in [0.3, 0.4) is 0 Å². The third kappa shape index (κ3) is 5.07. The lowest BCUT2D eigenvalue weighted by atomic mass is 10.2. The Kier molecular flexibility index (Phi) is 6.85. The maximum atomic E-state index is 12.6. The lowest BCUT2D eigenvalue weighted by Gasteiger charge is -2.31. The molecule has 1 N–H and O–H groups in total. The van der Waals surface area contributed by atoms with E-state index >= 15 is 0 Å². The third-order valence-corrected chi connectivity index (χ3v) is 5.84. The highest BCUT2D eigenvalue weighted by Crippen LogP contribution is 2.18. The van der Waals surface area contributed by atoms with Gasteiger partial charge in [-0.25, -0.2) is 13.2 Å². The van der Waals surface area contributed by atoms with Crippen molar-refractivity contribution in [1.29, 1.82) is 0 Å². The van der Waals surface area contributed by atoms with E-state index in [0.29, 0.717) is 13.1 Å². The molecule has 0 bridgehead atoms. The first kappa shape index (κ1) is 19.0. The van der Waals surface area contributed by atoms with E-state index < -0.39 is 16.1 Å². The summed E-state index contributed by atoms with van der Waals surface area (Å²) in [7, 11) is -1.49. The van der Waals surface area contributed by atoms with Crippen LogP contribution < -0.4 is 5.32 Å². The maximum absolute atomic E-state index is 12.6. The minimum atomic E-state index is -3.47. The summed E-state index contributed by atoms with van der Waals surface area (Å²) in [5.74, 6) is 0.242. The molecule has 1 aromatic carbocycles. The topological polar surface area (TPSA) is 79.0 Å². The summed E-state index contributed by atoms with van der Waals surface area (Å²) < 4.78 is 31.5. The number of ether oxygens (including phenoxy) is 1. The van der Waals surface area contributed by atoms with Crippen LogP contribution in [-0.2, 0) is 21.3 Å². The van der Waals surface area contributed by atoms with Gasteiger partial charge < -0.3 is 15.0 Å². The zero-order chi connectivity index (χ0) is 17.6. The zero-order valence-electron chi connectivity index (χ0n) is 13.6. The summed E-state index contributed by atoms with van der Waals surface area (Å²) in [4.78, 5) is 13.7. The molecule has 7 nitrogen and oxygen atoms in total. The van der Waals surface area contributed by atoms with Crippen LogP contribution in [0, 0.1) is 0 Å². The molecule has 1 fully saturated rings. The fourth-order valence-corrected chi connectivity index (χ4v) is 3.81. The van der Waals surface area contributed by atoms with E-state index in [-0.39, 0.29) is 23.9 Å². The molecule has 0 aliphatic carbocycles. The molecule has 1 aromatic rings. The van der Waals surface area contributed by atoms with E-state index in [1.54, 1.807) is 24.3 Å². The second-order valence-electron chi connectivity index (χ2n) is 5.53. The van der Waals surface area contributed by atoms with Crippen molar-refractivity contribution in [3.8, 4) is 0 Å². The van der Waals surface area contributed by atoms with Crippen LogP contribution >= 0.6 is 11.6 Å². The summed E-state index contributed by atoms with van der Waals surface area (Å²) in [6.07, 6.45) is -0.551. The van der Waals surface area contributed by atoms with Crippen molar-refractivity contribution >= 4 is 27.7 Å². The predicted octanol–water partition coefficient (Wildman–Crippen LogP) is 1.09. The van der Waals surface area contributed by atoms with E-state index in [1.807, 2.05) is 7.05 Å². The first-order valence-electron chi connectivity index (χ1n) is 7.67. The molecule has 9 heteroatoms. The number of alkyl halides is 1. The zero-order valence-corrected chi connectivity index (χ0v) is 15.1. The number of likely N-dealkylation sites (N-methyl/N-ethyl adjacent to an activating group) is 1. The quantitative estimate of drug-likeness (QED) is 0.753. The number of halogens is 1. The second kappa shape index (κ2) is 8.66. The van der Waals surface area contributed by atoms with Crippen molar-refractivity contribution in [3.63, 3.8) is 0 Å². The summed E-state index contributed by atoms with van der Waals surface area (Å²) in [5.41, 5.74) is 0.787. The Morgan fingerprint density at radius 1 is 1.21 bits per heavy atom. The van der Waals surface area contributed by atoms with Crippen LogP contribution in [0.5, 0.6) is 0 Å². The molecule has 0 unspecified atom stereocenters. The van der Waals surface area contributed by atoms with Crippen molar-refractivity contribution in [2.75, 3.05) is 45.7 Å². The van der Waals surface area contributed by atoms with Gasteiger partial charge in [-0.05, 0) is 24.7 Å². The Morgan fingerprint density at radius 2 is 1.83 bits per heavy atom. The number of nitrogens with zero attached hydrogens (tertiary/aromatic N) is 2. The first-order valence-corrected chi connectivity index (χ1v) is 9.65. The van der Waals surface area contributed by atoms with Gasteiger partial charge >= 0.3 is 6.09 Å². The molecule has 0 aromatic heterocycles. The summed E-state index contributed by atoms with van der Waals surface area (Å²) >= 11 is 5.43. The molecule has 1 heterocycles. The van der Waals surface area contributed by atoms with Crippen molar-refractivity contribution in [3.05, 3.63) is 29.8 Å². The number of sulfonamides is 1. The molecular weight excluding hydrogens is 354 g/mol. The smallest absolute Gasteiger partial charge is 0.407 e. The molecule has 1 amide bonds. The van der Waals surface area contributed by atoms with Gasteiger partial charge in [0.1, 0.15) is 6.61 Å². The van der Waals surface area contributed by atoms with Gasteiger partial charge in [-0.2, -0.15) is 4.31 Å². The summed E-state index contributed by atoms with van der Waals surface area (Å²) in [5, 5.41) is 2.58. The van der Waals surface area contributed by atoms with E-state index in [9.17, 15) is 13.2 Å². The van der Waals surface area contributed by atoms with Crippen LogP contribution in [0.15, 0.2) is 29.2 Å². The number of alkyl carbamates (subject to hydrolysis) is 1. The number of hydrogen-bond donors (Lipinski definition) is 1. The Labute approximate surface area is 147 Å². The minimum Gasteiger partial charge on any atom is -0.448 e. The molecule has 2 rings (SSSR count). The lowest BCUT2D eigenvalue weighted by molar-refractivity contribution is 0.152. The maximum Gasteiger partial charge on any atom is 0.407 e. The molecule has 134 valence electrons. The van der Waals surface area contributed by atoms with Crippen LogP contribution in [0.4, 0.5) is 4.79 Å². The van der Waals surface area contributed by atoms with E-state index in [0.717, 1.165) is 18.7 Å². The van der Waals surface area contributed by atoms with Crippen LogP contribution in [0.2, 0.25) is 0 Å². The van der Waals surface area contributed by atoms with Gasteiger partial charge in [0.15, 0.2) is 0 Å². The van der Waals surface area contributed by atoms with Gasteiger partial charge in [0.2, 0.25) is 10.0 Å². The number of piperazine rings is 1. The second-order valence-corrected chi connectivity index (χ2v) is 7.85. The highest BCUT2D eigenvalue weighted by Gasteiger charge is 2.27. The summed E-state index contributed by atoms with van der Waals surface area (Å²) in [6.45, 7) is 2.85. The Balaban J connectivity index is 1.94. The van der Waals surface area contributed by atoms with E-state index in [4.69, 9.17) is 16.3 Å². The number of amides is 1. The molecule has 24 heavy (non-hydrogen) atoms. The normalized spacial score (nSPS) is 16.8. The molecule has 1 aliphatic rings. The van der Waals surface area contributed by atoms with Crippen LogP contribution in [0.25, 0.3) is 0 Å². The molecule has 0 radical (unpaired) electrons. The van der Waals surface area contributed by atoms with Crippen LogP contribution in [0.1, 0.15) is 5.56 Å². The molecule has 0 spiro atoms. The third-order valence-electron chi connectivity index (χ3n) is 3.77. The lowest BCUT2D eigenvalue weighted by Crippen LogP contribution is -2.47. The Hall–Kier alpha value is -1.35. The predicted molar refractivity (Wildman–Crippen MR) is 91.6 cm³/mol. The van der Waals surface area contributed by atoms with E-state index in [2.05, 4.69) is 10.2 Å². The van der Waals surface area contributed by atoms with Gasteiger partial charge in [0.25, 0.3) is 0 Å². The number of carbonyl (C=O) groups is 1. The highest BCUT2D eigenvalue weighted by atomic mass is 35.5. The van der Waals surface area contributed by atoms with Crippen molar-refractivity contribution < 1.29 is 17.9 Å². The van der Waals surface area contributed by atoms with Gasteiger partial charge in [-0.15, -0.1) is 11.6 Å². The SMILES string of the molecule is CN1CCN(S(=O)(=O)c2ccc(CNC(=O)OCCCl)cc2)CC1. The number of benzene rings is 1. The van der Waals surface area contributed by atoms with Crippen molar-refractivity contribution in [2.45, 2.75) is 11.4 Å².